The molecule has 1 N–H and O–H groups in total. The molecule has 0 aliphatic carbocycles. The summed E-state index contributed by atoms with van der Waals surface area (Å²) in [7, 11) is 1.61. The molecule has 1 heterocycles. The molecule has 90 valence electrons. The van der Waals surface area contributed by atoms with Crippen LogP contribution in [0.15, 0.2) is 18.2 Å². The van der Waals surface area contributed by atoms with E-state index in [0.29, 0.717) is 18.0 Å². The topological polar surface area (TPSA) is 55.0 Å². The Hall–Kier alpha value is -1.84. The first kappa shape index (κ1) is 11.6. The van der Waals surface area contributed by atoms with Gasteiger partial charge < -0.3 is 4.74 Å². The lowest BCUT2D eigenvalue weighted by Crippen LogP contribution is -2.04. The van der Waals surface area contributed by atoms with E-state index in [0.717, 1.165) is 16.7 Å². The maximum Gasteiger partial charge on any atom is 0.183 e. The van der Waals surface area contributed by atoms with Gasteiger partial charge in [-0.15, -0.1) is 0 Å². The number of hydrogen-bond acceptors (Lipinski definition) is 3. The molecule has 2 rings (SSSR count). The zero-order valence-corrected chi connectivity index (χ0v) is 10.3. The number of aromatic nitrogens is 2. The third kappa shape index (κ3) is 2.30. The Bertz CT molecular complexity index is 543. The summed E-state index contributed by atoms with van der Waals surface area (Å²) in [6, 6.07) is 5.55. The molecular formula is C13H16N2O2. The number of hydrogen-bond donors (Lipinski definition) is 1. The van der Waals surface area contributed by atoms with Crippen LogP contribution in [0.4, 0.5) is 0 Å². The number of benzene rings is 1. The summed E-state index contributed by atoms with van der Waals surface area (Å²) in [5.41, 5.74) is 1.35. The highest BCUT2D eigenvalue weighted by Crippen LogP contribution is 2.23. The van der Waals surface area contributed by atoms with Crippen LogP contribution in [-0.2, 0) is 0 Å². The number of ketones is 1. The first-order valence-corrected chi connectivity index (χ1v) is 5.67. The van der Waals surface area contributed by atoms with Crippen LogP contribution in [0.5, 0.6) is 5.75 Å². The highest BCUT2D eigenvalue weighted by Gasteiger charge is 2.15. The van der Waals surface area contributed by atoms with E-state index in [9.17, 15) is 4.79 Å². The van der Waals surface area contributed by atoms with Gasteiger partial charge in [-0.05, 0) is 18.1 Å². The minimum absolute atomic E-state index is 0.0800. The van der Waals surface area contributed by atoms with Crippen LogP contribution in [-0.4, -0.2) is 23.1 Å². The number of carbonyl (C=O) groups is 1. The van der Waals surface area contributed by atoms with Crippen LogP contribution in [0.2, 0.25) is 0 Å². The number of methoxy groups -OCH3 is 1. The molecule has 0 aliphatic heterocycles. The first-order valence-electron chi connectivity index (χ1n) is 5.67. The molecule has 0 saturated carbocycles. The number of ether oxygens (including phenoxy) is 1. The molecule has 1 aromatic carbocycles. The lowest BCUT2D eigenvalue weighted by atomic mass is 10.0. The third-order valence-electron chi connectivity index (χ3n) is 2.63. The molecule has 1 aromatic heterocycles. The molecule has 0 fully saturated rings. The van der Waals surface area contributed by atoms with Crippen LogP contribution in [0.1, 0.15) is 30.8 Å². The summed E-state index contributed by atoms with van der Waals surface area (Å²) in [6.07, 6.45) is 0.520. The molecule has 0 aliphatic rings. The number of carbonyl (C=O) groups excluding carboxylic acids is 1. The van der Waals surface area contributed by atoms with Gasteiger partial charge >= 0.3 is 0 Å². The Kier molecular flexibility index (Phi) is 3.13. The minimum atomic E-state index is 0.0800. The van der Waals surface area contributed by atoms with Crippen LogP contribution in [0.3, 0.4) is 0 Å². The van der Waals surface area contributed by atoms with Crippen molar-refractivity contribution in [2.45, 2.75) is 20.3 Å². The quantitative estimate of drug-likeness (QED) is 0.825. The zero-order valence-electron chi connectivity index (χ0n) is 10.3. The van der Waals surface area contributed by atoms with Gasteiger partial charge in [0, 0.05) is 17.9 Å². The maximum absolute atomic E-state index is 12.0. The van der Waals surface area contributed by atoms with Crippen LogP contribution < -0.4 is 4.74 Å². The van der Waals surface area contributed by atoms with Gasteiger partial charge in [0.25, 0.3) is 0 Å². The summed E-state index contributed by atoms with van der Waals surface area (Å²) < 4.78 is 5.12. The van der Waals surface area contributed by atoms with Crippen molar-refractivity contribution in [2.75, 3.05) is 7.11 Å². The Balaban J connectivity index is 2.39. The second-order valence-electron chi connectivity index (χ2n) is 4.50. The van der Waals surface area contributed by atoms with Gasteiger partial charge in [-0.2, -0.15) is 5.10 Å². The Labute approximate surface area is 100.0 Å². The van der Waals surface area contributed by atoms with E-state index < -0.39 is 0 Å². The summed E-state index contributed by atoms with van der Waals surface area (Å²) >= 11 is 0. The van der Waals surface area contributed by atoms with E-state index in [4.69, 9.17) is 4.74 Å². The molecule has 0 bridgehead atoms. The van der Waals surface area contributed by atoms with Crippen molar-refractivity contribution in [3.05, 3.63) is 23.9 Å². The fraction of sp³-hybridized carbons (Fsp3) is 0.385. The van der Waals surface area contributed by atoms with Crippen LogP contribution in [0.25, 0.3) is 10.9 Å². The highest BCUT2D eigenvalue weighted by atomic mass is 16.5. The molecule has 0 saturated heterocycles. The van der Waals surface area contributed by atoms with Crippen molar-refractivity contribution in [1.29, 1.82) is 0 Å². The third-order valence-corrected chi connectivity index (χ3v) is 2.63. The molecular weight excluding hydrogens is 216 g/mol. The number of Topliss-reactive ketones (excluding diaryl/α,β-unsaturated/α-hetero) is 1. The smallest absolute Gasteiger partial charge is 0.183 e. The molecule has 4 heteroatoms. The van der Waals surface area contributed by atoms with Gasteiger partial charge in [-0.25, -0.2) is 0 Å². The van der Waals surface area contributed by atoms with Gasteiger partial charge in [0.05, 0.1) is 12.6 Å². The van der Waals surface area contributed by atoms with E-state index in [-0.39, 0.29) is 5.78 Å². The number of nitrogens with zero attached hydrogens (tertiary/aromatic N) is 1. The van der Waals surface area contributed by atoms with E-state index in [2.05, 4.69) is 10.2 Å². The largest absolute Gasteiger partial charge is 0.497 e. The van der Waals surface area contributed by atoms with Crippen molar-refractivity contribution < 1.29 is 9.53 Å². The van der Waals surface area contributed by atoms with Gasteiger partial charge in [-0.1, -0.05) is 13.8 Å². The average molecular weight is 232 g/mol. The molecule has 17 heavy (non-hydrogen) atoms. The average Bonchev–Trinajstić information content (AvgIpc) is 2.70. The number of nitrogens with one attached hydrogen (secondary N) is 1. The summed E-state index contributed by atoms with van der Waals surface area (Å²) in [5, 5.41) is 7.82. The molecule has 4 nitrogen and oxygen atoms in total. The monoisotopic (exact) mass is 232 g/mol. The molecule has 0 spiro atoms. The van der Waals surface area contributed by atoms with Gasteiger partial charge in [-0.3, -0.25) is 9.89 Å². The normalized spacial score (nSPS) is 11.1. The van der Waals surface area contributed by atoms with Gasteiger partial charge in [0.1, 0.15) is 11.4 Å². The maximum atomic E-state index is 12.0. The number of aromatic amines is 1. The predicted octanol–water partition coefficient (Wildman–Crippen LogP) is 2.80. The number of rotatable bonds is 4. The van der Waals surface area contributed by atoms with Crippen molar-refractivity contribution in [2.24, 2.45) is 5.92 Å². The minimum Gasteiger partial charge on any atom is -0.497 e. The fourth-order valence-electron chi connectivity index (χ4n) is 1.81. The van der Waals surface area contributed by atoms with Gasteiger partial charge in [0.15, 0.2) is 5.78 Å². The van der Waals surface area contributed by atoms with Crippen LogP contribution in [0, 0.1) is 5.92 Å². The molecule has 0 atom stereocenters. The van der Waals surface area contributed by atoms with E-state index in [1.807, 2.05) is 32.0 Å². The van der Waals surface area contributed by atoms with E-state index in [1.54, 1.807) is 7.11 Å². The summed E-state index contributed by atoms with van der Waals surface area (Å²) in [6.45, 7) is 4.05. The van der Waals surface area contributed by atoms with E-state index >= 15 is 0 Å². The van der Waals surface area contributed by atoms with Gasteiger partial charge in [0.2, 0.25) is 0 Å². The Morgan fingerprint density at radius 2 is 2.24 bits per heavy atom. The van der Waals surface area contributed by atoms with Crippen LogP contribution >= 0.6 is 0 Å². The van der Waals surface area contributed by atoms with Crippen molar-refractivity contribution >= 4 is 16.7 Å². The lowest BCUT2D eigenvalue weighted by Gasteiger charge is -2.02. The Morgan fingerprint density at radius 3 is 2.88 bits per heavy atom. The molecule has 0 amide bonds. The van der Waals surface area contributed by atoms with Crippen molar-refractivity contribution in [3.8, 4) is 5.75 Å². The second-order valence-corrected chi connectivity index (χ2v) is 4.50. The molecule has 0 radical (unpaired) electrons. The highest BCUT2D eigenvalue weighted by molar-refractivity contribution is 6.06. The van der Waals surface area contributed by atoms with E-state index in [1.165, 1.54) is 0 Å². The first-order chi connectivity index (χ1) is 8.11. The molecule has 2 aromatic rings. The lowest BCUT2D eigenvalue weighted by molar-refractivity contribution is 0.0964. The zero-order chi connectivity index (χ0) is 12.4. The number of fused-ring (bicyclic) bond motifs is 1. The fourth-order valence-corrected chi connectivity index (χ4v) is 1.81. The van der Waals surface area contributed by atoms with Crippen molar-refractivity contribution in [3.63, 3.8) is 0 Å². The Morgan fingerprint density at radius 1 is 1.47 bits per heavy atom. The molecule has 0 unspecified atom stereocenters. The SMILES string of the molecule is COc1ccc2c(C(=O)CC(C)C)n[nH]c2c1. The predicted molar refractivity (Wildman–Crippen MR) is 66.4 cm³/mol. The van der Waals surface area contributed by atoms with Crippen molar-refractivity contribution in [1.82, 2.24) is 10.2 Å². The second kappa shape index (κ2) is 4.57. The summed E-state index contributed by atoms with van der Waals surface area (Å²) in [4.78, 5) is 12.0. The summed E-state index contributed by atoms with van der Waals surface area (Å²) in [5.74, 6) is 1.17. The standard InChI is InChI=1S/C13H16N2O2/c1-8(2)6-12(16)13-10-5-4-9(17-3)7-11(10)14-15-13/h4-5,7-8H,6H2,1-3H3,(H,14,15). The number of H-pyrrole nitrogens is 1.